The Balaban J connectivity index is 1.71. The number of methoxy groups -OCH3 is 1. The molecule has 0 spiro atoms. The zero-order valence-corrected chi connectivity index (χ0v) is 17.7. The molecule has 3 aromatic rings. The topological polar surface area (TPSA) is 81.9 Å². The zero-order valence-electron chi connectivity index (χ0n) is 15.3. The number of rotatable bonds is 9. The number of hydrogen-bond acceptors (Lipinski definition) is 6. The van der Waals surface area contributed by atoms with Crippen LogP contribution in [0.4, 0.5) is 5.69 Å². The van der Waals surface area contributed by atoms with Crippen LogP contribution in [0.1, 0.15) is 6.42 Å². The molecule has 0 bridgehead atoms. The molecule has 1 aromatic carbocycles. The van der Waals surface area contributed by atoms with Crippen LogP contribution in [-0.2, 0) is 16.1 Å². The summed E-state index contributed by atoms with van der Waals surface area (Å²) in [4.78, 5) is 16.4. The van der Waals surface area contributed by atoms with Gasteiger partial charge in [0.05, 0.1) is 11.4 Å². The number of anilines is 1. The van der Waals surface area contributed by atoms with Gasteiger partial charge in [0.1, 0.15) is 0 Å². The van der Waals surface area contributed by atoms with Crippen molar-refractivity contribution in [1.82, 2.24) is 19.7 Å². The number of hydrogen-bond donors (Lipinski definition) is 1. The van der Waals surface area contributed by atoms with Gasteiger partial charge in [0.15, 0.2) is 11.0 Å². The fraction of sp³-hybridized carbons (Fsp3) is 0.263. The summed E-state index contributed by atoms with van der Waals surface area (Å²) in [5.41, 5.74) is 1.68. The van der Waals surface area contributed by atoms with Crippen LogP contribution in [0.3, 0.4) is 0 Å². The minimum absolute atomic E-state index is 0.103. The quantitative estimate of drug-likeness (QED) is 0.384. The number of aromatic nitrogens is 4. The van der Waals surface area contributed by atoms with Crippen LogP contribution >= 0.6 is 27.7 Å². The van der Waals surface area contributed by atoms with Crippen molar-refractivity contribution in [1.29, 1.82) is 0 Å². The number of nitrogens with zero attached hydrogens (tertiary/aromatic N) is 4. The van der Waals surface area contributed by atoms with Crippen molar-refractivity contribution in [3.63, 3.8) is 0 Å². The van der Waals surface area contributed by atoms with Crippen LogP contribution < -0.4 is 5.32 Å². The van der Waals surface area contributed by atoms with E-state index in [1.165, 1.54) is 11.8 Å². The molecular weight excluding hydrogens is 442 g/mol. The molecule has 0 unspecified atom stereocenters. The van der Waals surface area contributed by atoms with Crippen molar-refractivity contribution < 1.29 is 9.53 Å². The highest BCUT2D eigenvalue weighted by Gasteiger charge is 2.16. The van der Waals surface area contributed by atoms with Gasteiger partial charge in [-0.3, -0.25) is 9.78 Å². The standard InChI is InChI=1S/C19H20BrN5O2S/c1-27-12-4-11-25-18(14-7-9-21-10-8-14)23-24-19(25)28-13-17(26)22-16-6-3-2-5-15(16)20/h2-3,5-10H,4,11-13H2,1H3,(H,22,26). The molecule has 0 aliphatic heterocycles. The highest BCUT2D eigenvalue weighted by Crippen LogP contribution is 2.25. The Morgan fingerprint density at radius 3 is 2.75 bits per heavy atom. The molecule has 0 saturated heterocycles. The van der Waals surface area contributed by atoms with Gasteiger partial charge in [-0.15, -0.1) is 10.2 Å². The molecule has 7 nitrogen and oxygen atoms in total. The van der Waals surface area contributed by atoms with Crippen molar-refractivity contribution in [3.8, 4) is 11.4 Å². The Morgan fingerprint density at radius 2 is 2.00 bits per heavy atom. The Labute approximate surface area is 176 Å². The van der Waals surface area contributed by atoms with Crippen molar-refractivity contribution in [2.75, 3.05) is 24.8 Å². The minimum atomic E-state index is -0.103. The second kappa shape index (κ2) is 10.4. The summed E-state index contributed by atoms with van der Waals surface area (Å²) in [5, 5.41) is 12.2. The fourth-order valence-corrected chi connectivity index (χ4v) is 3.71. The number of carbonyl (C=O) groups excluding carboxylic acids is 1. The predicted molar refractivity (Wildman–Crippen MR) is 113 cm³/mol. The summed E-state index contributed by atoms with van der Waals surface area (Å²) in [7, 11) is 1.68. The summed E-state index contributed by atoms with van der Waals surface area (Å²) >= 11 is 4.79. The second-order valence-corrected chi connectivity index (χ2v) is 7.65. The monoisotopic (exact) mass is 461 g/mol. The van der Waals surface area contributed by atoms with Crippen LogP contribution in [0.5, 0.6) is 0 Å². The first-order valence-electron chi connectivity index (χ1n) is 8.68. The molecule has 146 valence electrons. The summed E-state index contributed by atoms with van der Waals surface area (Å²) in [5.74, 6) is 0.890. The van der Waals surface area contributed by atoms with E-state index in [0.717, 1.165) is 28.0 Å². The van der Waals surface area contributed by atoms with Crippen LogP contribution in [0, 0.1) is 0 Å². The van der Waals surface area contributed by atoms with Crippen LogP contribution in [0.2, 0.25) is 0 Å². The molecule has 9 heteroatoms. The first-order chi connectivity index (χ1) is 13.7. The van der Waals surface area contributed by atoms with E-state index in [0.29, 0.717) is 18.3 Å². The lowest BCUT2D eigenvalue weighted by Gasteiger charge is -2.10. The van der Waals surface area contributed by atoms with Crippen molar-refractivity contribution in [2.45, 2.75) is 18.1 Å². The summed E-state index contributed by atoms with van der Waals surface area (Å²) in [6.07, 6.45) is 4.27. The van der Waals surface area contributed by atoms with Gasteiger partial charge in [0, 0.05) is 42.7 Å². The third-order valence-electron chi connectivity index (χ3n) is 3.87. The lowest BCUT2D eigenvalue weighted by Crippen LogP contribution is -2.15. The molecule has 0 saturated carbocycles. The van der Waals surface area contributed by atoms with Crippen molar-refractivity contribution >= 4 is 39.3 Å². The predicted octanol–water partition coefficient (Wildman–Crippen LogP) is 3.87. The Morgan fingerprint density at radius 1 is 1.21 bits per heavy atom. The first-order valence-corrected chi connectivity index (χ1v) is 10.5. The number of pyridine rings is 1. The fourth-order valence-electron chi connectivity index (χ4n) is 2.56. The maximum atomic E-state index is 12.3. The maximum absolute atomic E-state index is 12.3. The number of halogens is 1. The molecular formula is C19H20BrN5O2S. The molecule has 2 heterocycles. The van der Waals surface area contributed by atoms with E-state index in [4.69, 9.17) is 4.74 Å². The molecule has 1 N–H and O–H groups in total. The second-order valence-electron chi connectivity index (χ2n) is 5.86. The lowest BCUT2D eigenvalue weighted by molar-refractivity contribution is -0.113. The van der Waals surface area contributed by atoms with Gasteiger partial charge in [-0.1, -0.05) is 23.9 Å². The van der Waals surface area contributed by atoms with E-state index in [1.54, 1.807) is 19.5 Å². The molecule has 3 rings (SSSR count). The van der Waals surface area contributed by atoms with Gasteiger partial charge in [-0.2, -0.15) is 0 Å². The van der Waals surface area contributed by atoms with Gasteiger partial charge in [-0.05, 0) is 46.6 Å². The van der Waals surface area contributed by atoms with Gasteiger partial charge >= 0.3 is 0 Å². The number of carbonyl (C=O) groups is 1. The summed E-state index contributed by atoms with van der Waals surface area (Å²) < 4.78 is 8.02. The Hall–Kier alpha value is -2.23. The lowest BCUT2D eigenvalue weighted by atomic mass is 10.2. The third kappa shape index (κ3) is 5.40. The van der Waals surface area contributed by atoms with E-state index in [-0.39, 0.29) is 11.7 Å². The zero-order chi connectivity index (χ0) is 19.8. The minimum Gasteiger partial charge on any atom is -0.385 e. The van der Waals surface area contributed by atoms with E-state index >= 15 is 0 Å². The molecule has 0 aliphatic rings. The number of benzene rings is 1. The number of nitrogens with one attached hydrogen (secondary N) is 1. The molecule has 2 aromatic heterocycles. The van der Waals surface area contributed by atoms with Crippen molar-refractivity contribution in [2.24, 2.45) is 0 Å². The number of para-hydroxylation sites is 1. The molecule has 28 heavy (non-hydrogen) atoms. The molecule has 1 amide bonds. The number of amides is 1. The van der Waals surface area contributed by atoms with Crippen LogP contribution in [0.15, 0.2) is 58.4 Å². The molecule has 0 radical (unpaired) electrons. The van der Waals surface area contributed by atoms with E-state index in [1.807, 2.05) is 41.0 Å². The van der Waals surface area contributed by atoms with E-state index < -0.39 is 0 Å². The van der Waals surface area contributed by atoms with E-state index in [9.17, 15) is 4.79 Å². The first kappa shape index (κ1) is 20.5. The Kier molecular flexibility index (Phi) is 7.58. The Bertz CT molecular complexity index is 920. The summed E-state index contributed by atoms with van der Waals surface area (Å²) in [6.45, 7) is 1.34. The summed E-state index contributed by atoms with van der Waals surface area (Å²) in [6, 6.07) is 11.3. The molecule has 0 atom stereocenters. The largest absolute Gasteiger partial charge is 0.385 e. The highest BCUT2D eigenvalue weighted by atomic mass is 79.9. The average Bonchev–Trinajstić information content (AvgIpc) is 3.12. The van der Waals surface area contributed by atoms with Crippen LogP contribution in [-0.4, -0.2) is 45.1 Å². The van der Waals surface area contributed by atoms with Crippen LogP contribution in [0.25, 0.3) is 11.4 Å². The number of ether oxygens (including phenoxy) is 1. The molecule has 0 aliphatic carbocycles. The highest BCUT2D eigenvalue weighted by molar-refractivity contribution is 9.10. The van der Waals surface area contributed by atoms with Gasteiger partial charge in [0.25, 0.3) is 0 Å². The SMILES string of the molecule is COCCCn1c(SCC(=O)Nc2ccccc2Br)nnc1-c1ccncc1. The van der Waals surface area contributed by atoms with Gasteiger partial charge in [0.2, 0.25) is 5.91 Å². The molecule has 0 fully saturated rings. The number of thioether (sulfide) groups is 1. The van der Waals surface area contributed by atoms with Crippen molar-refractivity contribution in [3.05, 3.63) is 53.3 Å². The maximum Gasteiger partial charge on any atom is 0.234 e. The van der Waals surface area contributed by atoms with E-state index in [2.05, 4.69) is 36.4 Å². The van der Waals surface area contributed by atoms with Gasteiger partial charge in [-0.25, -0.2) is 0 Å². The smallest absolute Gasteiger partial charge is 0.234 e. The third-order valence-corrected chi connectivity index (χ3v) is 5.52. The normalized spacial score (nSPS) is 10.8. The average molecular weight is 462 g/mol. The van der Waals surface area contributed by atoms with Gasteiger partial charge < -0.3 is 14.6 Å².